The molecule has 170 valence electrons. The zero-order valence-corrected chi connectivity index (χ0v) is 18.6. The van der Waals surface area contributed by atoms with Crippen LogP contribution in [-0.4, -0.2) is 17.9 Å². The van der Waals surface area contributed by atoms with Gasteiger partial charge >= 0.3 is 0 Å². The molecule has 0 spiro atoms. The predicted octanol–water partition coefficient (Wildman–Crippen LogP) is 4.59. The summed E-state index contributed by atoms with van der Waals surface area (Å²) in [5, 5.41) is 5.73. The van der Waals surface area contributed by atoms with Crippen LogP contribution in [-0.2, 0) is 16.1 Å². The van der Waals surface area contributed by atoms with Gasteiger partial charge in [0.05, 0.1) is 0 Å². The summed E-state index contributed by atoms with van der Waals surface area (Å²) in [5.41, 5.74) is 16.5. The molecule has 6 N–H and O–H groups in total. The lowest BCUT2D eigenvalue weighted by molar-refractivity contribution is -0.117. The quantitative estimate of drug-likeness (QED) is 0.455. The highest BCUT2D eigenvalue weighted by Gasteiger charge is 2.12. The first-order valence-electron chi connectivity index (χ1n) is 11.0. The molecule has 0 aromatic heterocycles. The Labute approximate surface area is 190 Å². The SMILES string of the molecule is C=C.NCc1ccc(NC(=O)CCCC(=O)Nc2ccc(C3=CCC(N)CC3)cc2)cc1. The van der Waals surface area contributed by atoms with Crippen molar-refractivity contribution in [1.82, 2.24) is 0 Å². The van der Waals surface area contributed by atoms with E-state index in [1.165, 1.54) is 11.1 Å². The molecule has 2 aromatic carbocycles. The first kappa shape index (κ1) is 25.0. The monoisotopic (exact) mass is 434 g/mol. The first-order chi connectivity index (χ1) is 15.5. The number of carbonyl (C=O) groups is 2. The van der Waals surface area contributed by atoms with Crippen LogP contribution in [0.3, 0.4) is 0 Å². The number of amides is 2. The number of hydrogen-bond donors (Lipinski definition) is 4. The highest BCUT2D eigenvalue weighted by atomic mass is 16.2. The summed E-state index contributed by atoms with van der Waals surface area (Å²) in [6.07, 6.45) is 6.21. The molecule has 32 heavy (non-hydrogen) atoms. The van der Waals surface area contributed by atoms with Crippen LogP contribution in [0.2, 0.25) is 0 Å². The summed E-state index contributed by atoms with van der Waals surface area (Å²) >= 11 is 0. The van der Waals surface area contributed by atoms with Crippen molar-refractivity contribution in [2.75, 3.05) is 10.6 Å². The number of benzene rings is 2. The molecular formula is C26H34N4O2. The summed E-state index contributed by atoms with van der Waals surface area (Å²) < 4.78 is 0. The fourth-order valence-electron chi connectivity index (χ4n) is 3.46. The van der Waals surface area contributed by atoms with Crippen LogP contribution in [0.5, 0.6) is 0 Å². The fourth-order valence-corrected chi connectivity index (χ4v) is 3.46. The molecule has 1 aliphatic rings. The third-order valence-electron chi connectivity index (χ3n) is 5.27. The van der Waals surface area contributed by atoms with E-state index in [4.69, 9.17) is 11.5 Å². The molecule has 1 aliphatic carbocycles. The minimum atomic E-state index is -0.104. The van der Waals surface area contributed by atoms with Gasteiger partial charge in [-0.25, -0.2) is 0 Å². The van der Waals surface area contributed by atoms with Gasteiger partial charge in [-0.2, -0.15) is 0 Å². The van der Waals surface area contributed by atoms with Gasteiger partial charge in [-0.1, -0.05) is 30.3 Å². The Morgan fingerprint density at radius 2 is 1.44 bits per heavy atom. The molecule has 0 saturated heterocycles. The minimum Gasteiger partial charge on any atom is -0.327 e. The lowest BCUT2D eigenvalue weighted by Gasteiger charge is -2.18. The lowest BCUT2D eigenvalue weighted by atomic mass is 9.91. The van der Waals surface area contributed by atoms with E-state index in [1.54, 1.807) is 0 Å². The van der Waals surface area contributed by atoms with Crippen molar-refractivity contribution in [3.05, 3.63) is 78.9 Å². The van der Waals surface area contributed by atoms with Crippen molar-refractivity contribution in [3.63, 3.8) is 0 Å². The zero-order valence-electron chi connectivity index (χ0n) is 18.6. The third kappa shape index (κ3) is 8.13. The third-order valence-corrected chi connectivity index (χ3v) is 5.27. The summed E-state index contributed by atoms with van der Waals surface area (Å²) in [4.78, 5) is 24.2. The molecule has 0 aliphatic heterocycles. The summed E-state index contributed by atoms with van der Waals surface area (Å²) in [6, 6.07) is 15.6. The van der Waals surface area contributed by atoms with Crippen LogP contribution >= 0.6 is 0 Å². The van der Waals surface area contributed by atoms with Crippen molar-refractivity contribution in [2.45, 2.75) is 51.1 Å². The maximum absolute atomic E-state index is 12.2. The molecule has 1 atom stereocenters. The standard InChI is InChI=1S/C24H30N4O2.C2H4/c25-16-17-4-12-21(13-5-17)27-23(29)2-1-3-24(30)28-22-14-8-19(9-15-22)18-6-10-20(26)11-7-18;1-2/h4-6,8-9,12-15,20H,1-3,7,10-11,16,25-26H2,(H,27,29)(H,28,30);1-2H2. The van der Waals surface area contributed by atoms with E-state index in [9.17, 15) is 9.59 Å². The molecule has 2 amide bonds. The Hall–Kier alpha value is -3.22. The number of nitrogens with two attached hydrogens (primary N) is 2. The predicted molar refractivity (Wildman–Crippen MR) is 133 cm³/mol. The van der Waals surface area contributed by atoms with Crippen LogP contribution in [0.15, 0.2) is 67.8 Å². The maximum Gasteiger partial charge on any atom is 0.224 e. The van der Waals surface area contributed by atoms with Crippen molar-refractivity contribution >= 4 is 28.8 Å². The van der Waals surface area contributed by atoms with Gasteiger partial charge in [0.15, 0.2) is 0 Å². The van der Waals surface area contributed by atoms with Crippen molar-refractivity contribution in [1.29, 1.82) is 0 Å². The highest BCUT2D eigenvalue weighted by Crippen LogP contribution is 2.27. The fraction of sp³-hybridized carbons (Fsp3) is 0.308. The molecule has 0 fully saturated rings. The smallest absolute Gasteiger partial charge is 0.224 e. The largest absolute Gasteiger partial charge is 0.327 e. The van der Waals surface area contributed by atoms with Crippen molar-refractivity contribution < 1.29 is 9.59 Å². The van der Waals surface area contributed by atoms with Crippen LogP contribution in [0, 0.1) is 0 Å². The van der Waals surface area contributed by atoms with Crippen LogP contribution in [0.4, 0.5) is 11.4 Å². The number of hydrogen-bond acceptors (Lipinski definition) is 4. The van der Waals surface area contributed by atoms with Gasteiger partial charge in [-0.3, -0.25) is 9.59 Å². The summed E-state index contributed by atoms with van der Waals surface area (Å²) in [6.45, 7) is 6.47. The number of nitrogens with one attached hydrogen (secondary N) is 2. The van der Waals surface area contributed by atoms with Gasteiger partial charge in [-0.15, -0.1) is 13.2 Å². The lowest BCUT2D eigenvalue weighted by Crippen LogP contribution is -2.21. The Bertz CT molecular complexity index is 904. The highest BCUT2D eigenvalue weighted by molar-refractivity contribution is 5.93. The molecule has 0 radical (unpaired) electrons. The normalized spacial score (nSPS) is 15.1. The summed E-state index contributed by atoms with van der Waals surface area (Å²) in [5.74, 6) is -0.196. The van der Waals surface area contributed by atoms with E-state index in [0.717, 1.165) is 36.2 Å². The van der Waals surface area contributed by atoms with E-state index in [2.05, 4.69) is 29.9 Å². The van der Waals surface area contributed by atoms with E-state index in [-0.39, 0.29) is 17.9 Å². The zero-order chi connectivity index (χ0) is 23.3. The number of carbonyl (C=O) groups excluding carboxylic acids is 2. The Kier molecular flexibility index (Phi) is 10.4. The topological polar surface area (TPSA) is 110 Å². The second-order valence-corrected chi connectivity index (χ2v) is 7.69. The van der Waals surface area contributed by atoms with E-state index >= 15 is 0 Å². The first-order valence-corrected chi connectivity index (χ1v) is 11.0. The van der Waals surface area contributed by atoms with E-state index in [1.807, 2.05) is 48.5 Å². The Morgan fingerprint density at radius 3 is 1.91 bits per heavy atom. The Morgan fingerprint density at radius 1 is 0.906 bits per heavy atom. The Balaban J connectivity index is 0.00000176. The van der Waals surface area contributed by atoms with Gasteiger partial charge in [0.2, 0.25) is 11.8 Å². The molecule has 6 heteroatoms. The second-order valence-electron chi connectivity index (χ2n) is 7.69. The summed E-state index contributed by atoms with van der Waals surface area (Å²) in [7, 11) is 0. The number of rotatable bonds is 8. The average molecular weight is 435 g/mol. The molecule has 3 rings (SSSR count). The van der Waals surface area contributed by atoms with Crippen molar-refractivity contribution in [2.24, 2.45) is 11.5 Å². The molecule has 2 aromatic rings. The van der Waals surface area contributed by atoms with Crippen LogP contribution in [0.25, 0.3) is 5.57 Å². The molecular weight excluding hydrogens is 400 g/mol. The van der Waals surface area contributed by atoms with Crippen LogP contribution < -0.4 is 22.1 Å². The van der Waals surface area contributed by atoms with Gasteiger partial charge < -0.3 is 22.1 Å². The minimum absolute atomic E-state index is 0.0919. The van der Waals surface area contributed by atoms with Gasteiger partial charge in [0.1, 0.15) is 0 Å². The van der Waals surface area contributed by atoms with Crippen molar-refractivity contribution in [3.8, 4) is 0 Å². The van der Waals surface area contributed by atoms with Crippen LogP contribution in [0.1, 0.15) is 49.7 Å². The molecule has 1 unspecified atom stereocenters. The van der Waals surface area contributed by atoms with E-state index < -0.39 is 0 Å². The molecule has 0 bridgehead atoms. The molecule has 0 heterocycles. The van der Waals surface area contributed by atoms with Gasteiger partial charge in [0.25, 0.3) is 0 Å². The molecule has 6 nitrogen and oxygen atoms in total. The van der Waals surface area contributed by atoms with Gasteiger partial charge in [-0.05, 0) is 66.6 Å². The number of anilines is 2. The van der Waals surface area contributed by atoms with E-state index in [0.29, 0.717) is 25.8 Å². The number of allylic oxidation sites excluding steroid dienone is 1. The van der Waals surface area contributed by atoms with Gasteiger partial charge in [0, 0.05) is 36.8 Å². The average Bonchev–Trinajstić information content (AvgIpc) is 2.82. The maximum atomic E-state index is 12.2. The molecule has 0 saturated carbocycles. The second kappa shape index (κ2) is 13.2.